The van der Waals surface area contributed by atoms with Crippen LogP contribution in [0.4, 0.5) is 4.39 Å². The van der Waals surface area contributed by atoms with Crippen molar-refractivity contribution in [2.24, 2.45) is 11.8 Å². The average molecular weight is 359 g/mol. The molecule has 0 spiro atoms. The number of nitrogens with zero attached hydrogens (tertiary/aromatic N) is 1. The Hall–Kier alpha value is -1.47. The molecule has 2 unspecified atom stereocenters. The summed E-state index contributed by atoms with van der Waals surface area (Å²) in [6.45, 7) is 0.229. The number of aliphatic hydroxyl groups excluding tert-OH is 1. The second-order valence-corrected chi connectivity index (χ2v) is 5.91. The third-order valence-electron chi connectivity index (χ3n) is 3.71. The highest BCUT2D eigenvalue weighted by atomic mass is 79.9. The molecule has 2 amide bonds. The molecule has 0 aliphatic carbocycles. The number of halogens is 2. The fourth-order valence-corrected chi connectivity index (χ4v) is 2.87. The third-order valence-corrected chi connectivity index (χ3v) is 4.20. The zero-order valence-corrected chi connectivity index (χ0v) is 13.1. The summed E-state index contributed by atoms with van der Waals surface area (Å²) in [6, 6.07) is 4.22. The maximum Gasteiger partial charge on any atom is 0.256 e. The van der Waals surface area contributed by atoms with Gasteiger partial charge in [-0.1, -0.05) is 15.9 Å². The smallest absolute Gasteiger partial charge is 0.256 e. The van der Waals surface area contributed by atoms with Gasteiger partial charge in [0.25, 0.3) is 5.91 Å². The van der Waals surface area contributed by atoms with E-state index in [2.05, 4.69) is 21.2 Å². The molecule has 21 heavy (non-hydrogen) atoms. The van der Waals surface area contributed by atoms with Crippen LogP contribution in [0.3, 0.4) is 0 Å². The molecule has 1 aliphatic rings. The summed E-state index contributed by atoms with van der Waals surface area (Å²) in [4.78, 5) is 25.5. The van der Waals surface area contributed by atoms with Gasteiger partial charge in [0.1, 0.15) is 5.82 Å². The summed E-state index contributed by atoms with van der Waals surface area (Å²) < 4.78 is 14.4. The maximum absolute atomic E-state index is 13.8. The number of aliphatic hydroxyl groups is 1. The van der Waals surface area contributed by atoms with Crippen LogP contribution in [-0.2, 0) is 4.79 Å². The SMILES string of the molecule is CNC(=O)C1CN(C(=O)c2ccc(Br)cc2F)CC1CO. The molecule has 1 aromatic carbocycles. The lowest BCUT2D eigenvalue weighted by molar-refractivity contribution is -0.125. The van der Waals surface area contributed by atoms with Gasteiger partial charge in [-0.3, -0.25) is 9.59 Å². The summed E-state index contributed by atoms with van der Waals surface area (Å²) in [5, 5.41) is 11.9. The lowest BCUT2D eigenvalue weighted by atomic mass is 9.96. The van der Waals surface area contributed by atoms with E-state index in [0.29, 0.717) is 4.47 Å². The largest absolute Gasteiger partial charge is 0.396 e. The van der Waals surface area contributed by atoms with E-state index in [9.17, 15) is 19.1 Å². The van der Waals surface area contributed by atoms with Crippen LogP contribution < -0.4 is 5.32 Å². The molecule has 1 heterocycles. The number of benzene rings is 1. The van der Waals surface area contributed by atoms with Crippen molar-refractivity contribution < 1.29 is 19.1 Å². The highest BCUT2D eigenvalue weighted by Crippen LogP contribution is 2.26. The molecule has 0 radical (unpaired) electrons. The van der Waals surface area contributed by atoms with Crippen molar-refractivity contribution in [1.82, 2.24) is 10.2 Å². The molecular weight excluding hydrogens is 343 g/mol. The van der Waals surface area contributed by atoms with E-state index < -0.39 is 17.6 Å². The van der Waals surface area contributed by atoms with Gasteiger partial charge in [-0.25, -0.2) is 4.39 Å². The van der Waals surface area contributed by atoms with Crippen molar-refractivity contribution in [3.05, 3.63) is 34.1 Å². The minimum absolute atomic E-state index is 0.0348. The van der Waals surface area contributed by atoms with E-state index in [4.69, 9.17) is 0 Å². The Labute approximate surface area is 130 Å². The van der Waals surface area contributed by atoms with Gasteiger partial charge >= 0.3 is 0 Å². The van der Waals surface area contributed by atoms with Crippen LogP contribution in [-0.4, -0.2) is 48.6 Å². The molecule has 1 aromatic rings. The quantitative estimate of drug-likeness (QED) is 0.847. The summed E-state index contributed by atoms with van der Waals surface area (Å²) in [6.07, 6.45) is 0. The van der Waals surface area contributed by atoms with Crippen LogP contribution in [0.2, 0.25) is 0 Å². The predicted molar refractivity (Wildman–Crippen MR) is 78.1 cm³/mol. The van der Waals surface area contributed by atoms with Crippen molar-refractivity contribution in [2.75, 3.05) is 26.7 Å². The van der Waals surface area contributed by atoms with Crippen molar-refractivity contribution >= 4 is 27.7 Å². The Bertz CT molecular complexity index is 567. The monoisotopic (exact) mass is 358 g/mol. The van der Waals surface area contributed by atoms with E-state index in [0.717, 1.165) is 0 Å². The summed E-state index contributed by atoms with van der Waals surface area (Å²) in [5.41, 5.74) is -0.0348. The standard InChI is InChI=1S/C14H16BrFN2O3/c1-17-13(20)11-6-18(5-8(11)7-19)14(21)10-3-2-9(15)4-12(10)16/h2-4,8,11,19H,5-7H2,1H3,(H,17,20). The van der Waals surface area contributed by atoms with E-state index >= 15 is 0 Å². The lowest BCUT2D eigenvalue weighted by Gasteiger charge is -2.16. The minimum Gasteiger partial charge on any atom is -0.396 e. The van der Waals surface area contributed by atoms with Crippen LogP contribution in [0.5, 0.6) is 0 Å². The second kappa shape index (κ2) is 6.53. The van der Waals surface area contributed by atoms with Gasteiger partial charge in [0.05, 0.1) is 11.5 Å². The summed E-state index contributed by atoms with van der Waals surface area (Å²) in [7, 11) is 1.51. The number of rotatable bonds is 3. The van der Waals surface area contributed by atoms with E-state index in [-0.39, 0.29) is 37.1 Å². The first kappa shape index (κ1) is 15.9. The minimum atomic E-state index is -0.613. The topological polar surface area (TPSA) is 69.6 Å². The number of hydrogen-bond acceptors (Lipinski definition) is 3. The van der Waals surface area contributed by atoms with Gasteiger partial charge in [0, 0.05) is 37.1 Å². The van der Waals surface area contributed by atoms with E-state index in [1.54, 1.807) is 6.07 Å². The summed E-state index contributed by atoms with van der Waals surface area (Å²) >= 11 is 3.14. The van der Waals surface area contributed by atoms with E-state index in [1.807, 2.05) is 0 Å². The van der Waals surface area contributed by atoms with Gasteiger partial charge < -0.3 is 15.3 Å². The molecule has 7 heteroatoms. The van der Waals surface area contributed by atoms with E-state index in [1.165, 1.54) is 24.1 Å². The second-order valence-electron chi connectivity index (χ2n) is 5.00. The molecule has 0 aromatic heterocycles. The van der Waals surface area contributed by atoms with Gasteiger partial charge in [0.15, 0.2) is 0 Å². The van der Waals surface area contributed by atoms with Crippen molar-refractivity contribution in [3.63, 3.8) is 0 Å². The number of hydrogen-bond donors (Lipinski definition) is 2. The highest BCUT2D eigenvalue weighted by molar-refractivity contribution is 9.10. The third kappa shape index (κ3) is 3.24. The van der Waals surface area contributed by atoms with Gasteiger partial charge in [-0.2, -0.15) is 0 Å². The molecule has 2 N–H and O–H groups in total. The zero-order valence-electron chi connectivity index (χ0n) is 11.5. The van der Waals surface area contributed by atoms with Gasteiger partial charge in [0.2, 0.25) is 5.91 Å². The Morgan fingerprint density at radius 2 is 2.19 bits per heavy atom. The van der Waals surface area contributed by atoms with Crippen LogP contribution in [0.25, 0.3) is 0 Å². The Balaban J connectivity index is 2.19. The average Bonchev–Trinajstić information content (AvgIpc) is 2.90. The van der Waals surface area contributed by atoms with Crippen molar-refractivity contribution in [3.8, 4) is 0 Å². The van der Waals surface area contributed by atoms with Gasteiger partial charge in [-0.05, 0) is 18.2 Å². The van der Waals surface area contributed by atoms with Crippen LogP contribution in [0.15, 0.2) is 22.7 Å². The van der Waals surface area contributed by atoms with Gasteiger partial charge in [-0.15, -0.1) is 0 Å². The Morgan fingerprint density at radius 3 is 2.76 bits per heavy atom. The maximum atomic E-state index is 13.8. The Morgan fingerprint density at radius 1 is 1.48 bits per heavy atom. The number of carbonyl (C=O) groups excluding carboxylic acids is 2. The molecule has 1 aliphatic heterocycles. The van der Waals surface area contributed by atoms with Crippen LogP contribution in [0.1, 0.15) is 10.4 Å². The predicted octanol–water partition coefficient (Wildman–Crippen LogP) is 1.01. The molecule has 1 fully saturated rings. The number of carbonyl (C=O) groups is 2. The fourth-order valence-electron chi connectivity index (χ4n) is 2.54. The lowest BCUT2D eigenvalue weighted by Crippen LogP contribution is -2.34. The molecule has 5 nitrogen and oxygen atoms in total. The Kier molecular flexibility index (Phi) is 4.95. The molecule has 0 saturated carbocycles. The molecule has 0 bridgehead atoms. The molecule has 114 valence electrons. The van der Waals surface area contributed by atoms with Crippen molar-refractivity contribution in [2.45, 2.75) is 0 Å². The van der Waals surface area contributed by atoms with Crippen LogP contribution in [0, 0.1) is 17.7 Å². The molecule has 2 rings (SSSR count). The number of amides is 2. The number of likely N-dealkylation sites (tertiary alicyclic amines) is 1. The summed E-state index contributed by atoms with van der Waals surface area (Å²) in [5.74, 6) is -2.10. The van der Waals surface area contributed by atoms with Crippen molar-refractivity contribution in [1.29, 1.82) is 0 Å². The first-order valence-corrected chi connectivity index (χ1v) is 7.34. The zero-order chi connectivity index (χ0) is 15.6. The normalized spacial score (nSPS) is 21.4. The molecule has 2 atom stereocenters. The first-order chi connectivity index (χ1) is 9.97. The molecule has 1 saturated heterocycles. The molecular formula is C14H16BrFN2O3. The first-order valence-electron chi connectivity index (χ1n) is 6.54. The highest BCUT2D eigenvalue weighted by Gasteiger charge is 2.39. The number of nitrogens with one attached hydrogen (secondary N) is 1. The van der Waals surface area contributed by atoms with Crippen LogP contribution >= 0.6 is 15.9 Å². The fraction of sp³-hybridized carbons (Fsp3) is 0.429.